The maximum absolute atomic E-state index is 14.6. The summed E-state index contributed by atoms with van der Waals surface area (Å²) in [6.45, 7) is 6.18. The van der Waals surface area contributed by atoms with Gasteiger partial charge < -0.3 is 20.1 Å². The quantitative estimate of drug-likeness (QED) is 0.410. The summed E-state index contributed by atoms with van der Waals surface area (Å²) < 4.78 is 27.0. The van der Waals surface area contributed by atoms with Crippen LogP contribution in [-0.2, 0) is 16.0 Å². The molecule has 3 aromatic heterocycles. The molecule has 1 amide bonds. The van der Waals surface area contributed by atoms with Gasteiger partial charge in [-0.25, -0.2) is 19.2 Å². The molecule has 194 valence electrons. The summed E-state index contributed by atoms with van der Waals surface area (Å²) in [5.41, 5.74) is 2.54. The standard InChI is InChI=1S/C24H33FN8O3/c1-14(2)27-24(34)36-20-9-15(8-18(20)25)19-10-21(31-30-19)29-23-26-6-4-22-28-16(12-33(22)23)11-32-7-5-17(32)13-35-3/h4,6,10,12,14-15,17-18,20H,5,7-9,11,13H2,1-3H3,(H,27,34)(H2,26,29,30,31)/t15-,17?,18+,20-/m0/s1. The number of carbonyl (C=O) groups is 1. The van der Waals surface area contributed by atoms with Gasteiger partial charge in [-0.2, -0.15) is 5.10 Å². The van der Waals surface area contributed by atoms with Crippen LogP contribution in [0.1, 0.15) is 50.4 Å². The topological polar surface area (TPSA) is 122 Å². The molecule has 2 fully saturated rings. The molecule has 36 heavy (non-hydrogen) atoms. The lowest BCUT2D eigenvalue weighted by Gasteiger charge is -2.40. The van der Waals surface area contributed by atoms with Gasteiger partial charge in [0.05, 0.1) is 12.3 Å². The highest BCUT2D eigenvalue weighted by molar-refractivity contribution is 5.67. The van der Waals surface area contributed by atoms with Crippen molar-refractivity contribution in [2.75, 3.05) is 25.6 Å². The number of fused-ring (bicyclic) bond motifs is 1. The Kier molecular flexibility index (Phi) is 7.06. The van der Waals surface area contributed by atoms with Crippen LogP contribution in [0.25, 0.3) is 5.65 Å². The lowest BCUT2D eigenvalue weighted by molar-refractivity contribution is 0.0171. The van der Waals surface area contributed by atoms with E-state index in [1.807, 2.05) is 36.6 Å². The van der Waals surface area contributed by atoms with Gasteiger partial charge in [-0.3, -0.25) is 14.4 Å². The minimum atomic E-state index is -1.22. The maximum atomic E-state index is 14.6. The Bertz CT molecular complexity index is 1200. The highest BCUT2D eigenvalue weighted by Crippen LogP contribution is 2.38. The van der Waals surface area contributed by atoms with Gasteiger partial charge in [0.15, 0.2) is 5.82 Å². The molecule has 4 heterocycles. The molecule has 3 N–H and O–H groups in total. The Morgan fingerprint density at radius 1 is 1.36 bits per heavy atom. The number of halogens is 1. The number of anilines is 2. The Labute approximate surface area is 208 Å². The van der Waals surface area contributed by atoms with E-state index in [9.17, 15) is 9.18 Å². The number of ether oxygens (including phenoxy) is 2. The molecule has 2 aliphatic rings. The van der Waals surface area contributed by atoms with Crippen molar-refractivity contribution in [2.45, 2.75) is 69.9 Å². The van der Waals surface area contributed by atoms with Crippen molar-refractivity contribution in [1.29, 1.82) is 0 Å². The third kappa shape index (κ3) is 5.29. The zero-order chi connectivity index (χ0) is 25.2. The number of carbonyl (C=O) groups excluding carboxylic acids is 1. The molecule has 11 nitrogen and oxygen atoms in total. The number of aromatic nitrogens is 5. The van der Waals surface area contributed by atoms with Gasteiger partial charge in [-0.15, -0.1) is 0 Å². The maximum Gasteiger partial charge on any atom is 0.407 e. The van der Waals surface area contributed by atoms with Crippen molar-refractivity contribution in [1.82, 2.24) is 34.8 Å². The molecular formula is C24H33FN8O3. The van der Waals surface area contributed by atoms with Gasteiger partial charge in [0.2, 0.25) is 5.95 Å². The molecule has 0 bridgehead atoms. The van der Waals surface area contributed by atoms with Crippen LogP contribution in [0.5, 0.6) is 0 Å². The Hall–Kier alpha value is -3.25. The molecular weight excluding hydrogens is 467 g/mol. The van der Waals surface area contributed by atoms with Crippen LogP contribution >= 0.6 is 0 Å². The lowest BCUT2D eigenvalue weighted by atomic mass is 10.0. The van der Waals surface area contributed by atoms with E-state index >= 15 is 0 Å². The largest absolute Gasteiger partial charge is 0.443 e. The molecule has 1 unspecified atom stereocenters. The Morgan fingerprint density at radius 2 is 2.22 bits per heavy atom. The van der Waals surface area contributed by atoms with Gasteiger partial charge >= 0.3 is 6.09 Å². The van der Waals surface area contributed by atoms with E-state index in [-0.39, 0.29) is 18.4 Å². The number of alkyl carbamates (subject to hydrolysis) is 1. The summed E-state index contributed by atoms with van der Waals surface area (Å²) in [6, 6.07) is 4.08. The van der Waals surface area contributed by atoms with Crippen molar-refractivity contribution < 1.29 is 18.7 Å². The first-order valence-electron chi connectivity index (χ1n) is 12.4. The third-order valence-corrected chi connectivity index (χ3v) is 6.79. The number of rotatable bonds is 9. The number of imidazole rings is 1. The molecule has 0 radical (unpaired) electrons. The predicted molar refractivity (Wildman–Crippen MR) is 131 cm³/mol. The molecule has 4 atom stereocenters. The zero-order valence-electron chi connectivity index (χ0n) is 20.8. The highest BCUT2D eigenvalue weighted by Gasteiger charge is 2.39. The van der Waals surface area contributed by atoms with Gasteiger partial charge in [-0.1, -0.05) is 0 Å². The summed E-state index contributed by atoms with van der Waals surface area (Å²) in [4.78, 5) is 23.4. The second-order valence-corrected chi connectivity index (χ2v) is 9.86. The van der Waals surface area contributed by atoms with Gasteiger partial charge in [-0.05, 0) is 39.2 Å². The third-order valence-electron chi connectivity index (χ3n) is 6.79. The molecule has 1 aliphatic carbocycles. The lowest BCUT2D eigenvalue weighted by Crippen LogP contribution is -2.49. The normalized spacial score (nSPS) is 24.2. The van der Waals surface area contributed by atoms with Gasteiger partial charge in [0.25, 0.3) is 0 Å². The average molecular weight is 501 g/mol. The van der Waals surface area contributed by atoms with Crippen LogP contribution in [0.4, 0.5) is 21.0 Å². The number of aromatic amines is 1. The SMILES string of the molecule is COCC1CCN1Cc1cn2c(Nc3cc([C@H]4C[C@@H](F)[C@@H](OC(=O)NC(C)C)C4)[nH]n3)nccc2n1. The molecule has 0 spiro atoms. The number of hydrogen-bond donors (Lipinski definition) is 3. The number of hydrogen-bond acceptors (Lipinski definition) is 8. The second kappa shape index (κ2) is 10.4. The average Bonchev–Trinajstić information content (AvgIpc) is 3.54. The summed E-state index contributed by atoms with van der Waals surface area (Å²) >= 11 is 0. The van der Waals surface area contributed by atoms with Crippen LogP contribution in [0.2, 0.25) is 0 Å². The smallest absolute Gasteiger partial charge is 0.407 e. The fourth-order valence-electron chi connectivity index (χ4n) is 4.88. The summed E-state index contributed by atoms with van der Waals surface area (Å²) in [5.74, 6) is 1.03. The van der Waals surface area contributed by atoms with Crippen LogP contribution < -0.4 is 10.6 Å². The molecule has 12 heteroatoms. The Balaban J connectivity index is 1.23. The molecule has 0 aromatic carbocycles. The van der Waals surface area contributed by atoms with Crippen LogP contribution in [0.3, 0.4) is 0 Å². The minimum absolute atomic E-state index is 0.0677. The van der Waals surface area contributed by atoms with Crippen LogP contribution in [0, 0.1) is 0 Å². The summed E-state index contributed by atoms with van der Waals surface area (Å²) in [7, 11) is 1.73. The van der Waals surface area contributed by atoms with Crippen molar-refractivity contribution in [3.05, 3.63) is 35.9 Å². The van der Waals surface area contributed by atoms with Crippen LogP contribution in [-0.4, -0.2) is 80.2 Å². The minimum Gasteiger partial charge on any atom is -0.443 e. The highest BCUT2D eigenvalue weighted by atomic mass is 19.1. The van der Waals surface area contributed by atoms with Crippen molar-refractivity contribution in [3.63, 3.8) is 0 Å². The van der Waals surface area contributed by atoms with E-state index < -0.39 is 18.4 Å². The molecule has 5 rings (SSSR count). The fourth-order valence-corrected chi connectivity index (χ4v) is 4.88. The molecule has 3 aromatic rings. The number of amides is 1. The molecule has 1 saturated heterocycles. The van der Waals surface area contributed by atoms with Gasteiger partial charge in [0.1, 0.15) is 17.9 Å². The number of methoxy groups -OCH3 is 1. The van der Waals surface area contributed by atoms with E-state index in [0.29, 0.717) is 24.2 Å². The van der Waals surface area contributed by atoms with Crippen molar-refractivity contribution in [2.24, 2.45) is 0 Å². The monoisotopic (exact) mass is 500 g/mol. The Morgan fingerprint density at radius 3 is 2.97 bits per heavy atom. The number of H-pyrrole nitrogens is 1. The van der Waals surface area contributed by atoms with Gasteiger partial charge in [0, 0.05) is 62.4 Å². The fraction of sp³-hybridized carbons (Fsp3) is 0.583. The summed E-state index contributed by atoms with van der Waals surface area (Å²) in [6.07, 6.45) is 2.90. The summed E-state index contributed by atoms with van der Waals surface area (Å²) in [5, 5.41) is 13.2. The van der Waals surface area contributed by atoms with Crippen LogP contribution in [0.15, 0.2) is 24.5 Å². The van der Waals surface area contributed by atoms with E-state index in [2.05, 4.69) is 30.7 Å². The number of likely N-dealkylation sites (tertiary alicyclic amines) is 1. The second-order valence-electron chi connectivity index (χ2n) is 9.86. The first-order chi connectivity index (χ1) is 17.4. The number of nitrogens with zero attached hydrogens (tertiary/aromatic N) is 5. The number of alkyl halides is 1. The van der Waals surface area contributed by atoms with E-state index in [1.54, 1.807) is 13.3 Å². The van der Waals surface area contributed by atoms with E-state index in [0.717, 1.165) is 43.2 Å². The van der Waals surface area contributed by atoms with Crippen molar-refractivity contribution >= 4 is 23.5 Å². The first kappa shape index (κ1) is 24.4. The van der Waals surface area contributed by atoms with E-state index in [1.165, 1.54) is 0 Å². The molecule has 1 saturated carbocycles. The number of nitrogens with one attached hydrogen (secondary N) is 3. The van der Waals surface area contributed by atoms with Crippen molar-refractivity contribution in [3.8, 4) is 0 Å². The predicted octanol–water partition coefficient (Wildman–Crippen LogP) is 3.14. The van der Waals surface area contributed by atoms with E-state index in [4.69, 9.17) is 14.5 Å². The molecule has 1 aliphatic heterocycles. The zero-order valence-corrected chi connectivity index (χ0v) is 20.8. The first-order valence-corrected chi connectivity index (χ1v) is 12.4.